The number of aryl methyl sites for hydroxylation is 1. The van der Waals surface area contributed by atoms with Crippen molar-refractivity contribution in [2.75, 3.05) is 26.1 Å². The number of carbonyl (C=O) groups is 4. The molecule has 11 heteroatoms. The van der Waals surface area contributed by atoms with Crippen LogP contribution in [-0.4, -0.2) is 55.3 Å². The van der Waals surface area contributed by atoms with Gasteiger partial charge in [-0.2, -0.15) is 0 Å². The molecule has 3 heterocycles. The normalized spacial score (nSPS) is 25.5. The van der Waals surface area contributed by atoms with E-state index in [4.69, 9.17) is 26.8 Å². The summed E-state index contributed by atoms with van der Waals surface area (Å²) in [5.74, 6) is -2.48. The van der Waals surface area contributed by atoms with E-state index < -0.39 is 41.1 Å². The molecule has 2 aromatic carbocycles. The van der Waals surface area contributed by atoms with Crippen LogP contribution in [0.2, 0.25) is 5.02 Å². The number of benzene rings is 2. The quantitative estimate of drug-likeness (QED) is 0.434. The molecule has 2 fully saturated rings. The molecule has 3 aliphatic heterocycles. The number of methoxy groups -OCH3 is 2. The molecule has 0 bridgehead atoms. The number of hydrogen-bond acceptors (Lipinski definition) is 7. The number of nitrogens with one attached hydrogen (secondary N) is 2. The summed E-state index contributed by atoms with van der Waals surface area (Å²) in [6.07, 6.45) is 0.605. The van der Waals surface area contributed by atoms with Crippen molar-refractivity contribution in [3.63, 3.8) is 0 Å². The maximum Gasteiger partial charge on any atom is 0.250 e. The Morgan fingerprint density at radius 1 is 1.11 bits per heavy atom. The van der Waals surface area contributed by atoms with Crippen LogP contribution in [-0.2, 0) is 31.1 Å². The van der Waals surface area contributed by atoms with Gasteiger partial charge in [-0.05, 0) is 49.1 Å². The molecule has 0 aromatic heterocycles. The minimum atomic E-state index is -1.48. The summed E-state index contributed by atoms with van der Waals surface area (Å²) in [5.41, 5.74) is 6.53. The number of fused-ring (bicyclic) bond motifs is 4. The van der Waals surface area contributed by atoms with E-state index in [0.29, 0.717) is 34.2 Å². The molecule has 2 saturated heterocycles. The van der Waals surface area contributed by atoms with Crippen LogP contribution >= 0.6 is 11.6 Å². The lowest BCUT2D eigenvalue weighted by Crippen LogP contribution is -2.53. The van der Waals surface area contributed by atoms with E-state index in [1.165, 1.54) is 12.0 Å². The fourth-order valence-corrected chi connectivity index (χ4v) is 6.42. The number of anilines is 1. The minimum Gasteiger partial charge on any atom is -0.493 e. The highest BCUT2D eigenvalue weighted by Crippen LogP contribution is 2.55. The maximum atomic E-state index is 13.9. The molecule has 5 rings (SSSR count). The lowest BCUT2D eigenvalue weighted by atomic mass is 9.76. The average Bonchev–Trinajstić information content (AvgIpc) is 3.46. The summed E-state index contributed by atoms with van der Waals surface area (Å²) in [6, 6.07) is 8.34. The molecule has 4 atom stereocenters. The monoisotopic (exact) mass is 540 g/mol. The molecule has 38 heavy (non-hydrogen) atoms. The first-order chi connectivity index (χ1) is 18.1. The Labute approximate surface area is 224 Å². The van der Waals surface area contributed by atoms with E-state index in [1.54, 1.807) is 25.3 Å². The largest absolute Gasteiger partial charge is 0.493 e. The third kappa shape index (κ3) is 3.90. The lowest BCUT2D eigenvalue weighted by molar-refractivity contribution is -0.142. The Bertz CT molecular complexity index is 1360. The fraction of sp³-hybridized carbons (Fsp3) is 0.407. The summed E-state index contributed by atoms with van der Waals surface area (Å²) in [4.78, 5) is 54.1. The highest BCUT2D eigenvalue weighted by Gasteiger charge is 2.70. The molecule has 0 aliphatic carbocycles. The van der Waals surface area contributed by atoms with Crippen molar-refractivity contribution in [2.45, 2.75) is 37.8 Å². The number of amides is 4. The lowest BCUT2D eigenvalue weighted by Gasteiger charge is -2.29. The molecule has 4 amide bonds. The van der Waals surface area contributed by atoms with Crippen LogP contribution in [0, 0.1) is 18.8 Å². The number of likely N-dealkylation sites (tertiary alicyclic amines) is 1. The van der Waals surface area contributed by atoms with E-state index in [1.807, 2.05) is 19.1 Å². The first-order valence-corrected chi connectivity index (χ1v) is 12.7. The fourth-order valence-electron chi connectivity index (χ4n) is 6.10. The zero-order valence-electron chi connectivity index (χ0n) is 21.3. The number of nitrogens with zero attached hydrogens (tertiary/aromatic N) is 1. The molecule has 10 nitrogen and oxygen atoms in total. The summed E-state index contributed by atoms with van der Waals surface area (Å²) in [5, 5.41) is 6.47. The number of halogens is 1. The average molecular weight is 541 g/mol. The second-order valence-corrected chi connectivity index (χ2v) is 10.4. The van der Waals surface area contributed by atoms with E-state index in [0.717, 1.165) is 11.1 Å². The van der Waals surface area contributed by atoms with Gasteiger partial charge < -0.3 is 20.5 Å². The first-order valence-electron chi connectivity index (χ1n) is 12.4. The highest BCUT2D eigenvalue weighted by molar-refractivity contribution is 6.35. The molecule has 0 saturated carbocycles. The van der Waals surface area contributed by atoms with E-state index in [-0.39, 0.29) is 25.3 Å². The predicted molar refractivity (Wildman–Crippen MR) is 139 cm³/mol. The molecule has 200 valence electrons. The molecule has 2 aromatic rings. The second-order valence-electron chi connectivity index (χ2n) is 9.96. The molecule has 4 N–H and O–H groups in total. The number of hydrogen-bond donors (Lipinski definition) is 3. The van der Waals surface area contributed by atoms with Crippen LogP contribution in [0.3, 0.4) is 0 Å². The third-order valence-corrected chi connectivity index (χ3v) is 8.08. The van der Waals surface area contributed by atoms with E-state index >= 15 is 0 Å². The van der Waals surface area contributed by atoms with Crippen LogP contribution in [0.4, 0.5) is 5.69 Å². The minimum absolute atomic E-state index is 0.00707. The van der Waals surface area contributed by atoms with Crippen molar-refractivity contribution in [2.24, 2.45) is 17.6 Å². The Morgan fingerprint density at radius 2 is 1.84 bits per heavy atom. The van der Waals surface area contributed by atoms with Gasteiger partial charge in [0.15, 0.2) is 11.5 Å². The van der Waals surface area contributed by atoms with Crippen molar-refractivity contribution in [1.29, 1.82) is 0 Å². The highest BCUT2D eigenvalue weighted by atomic mass is 35.5. The summed E-state index contributed by atoms with van der Waals surface area (Å²) < 4.78 is 10.6. The summed E-state index contributed by atoms with van der Waals surface area (Å²) in [7, 11) is 3.08. The molecule has 1 spiro atoms. The van der Waals surface area contributed by atoms with Crippen LogP contribution < -0.4 is 25.8 Å². The van der Waals surface area contributed by atoms with Gasteiger partial charge in [0, 0.05) is 24.6 Å². The van der Waals surface area contributed by atoms with Gasteiger partial charge in [0.2, 0.25) is 23.6 Å². The van der Waals surface area contributed by atoms with Gasteiger partial charge in [-0.15, -0.1) is 0 Å². The topological polar surface area (TPSA) is 140 Å². The molecular weight excluding hydrogens is 512 g/mol. The van der Waals surface area contributed by atoms with E-state index in [2.05, 4.69) is 10.6 Å². The van der Waals surface area contributed by atoms with Crippen molar-refractivity contribution in [1.82, 2.24) is 10.2 Å². The first kappa shape index (κ1) is 26.0. The molecule has 3 aliphatic rings. The standard InChI is InChI=1S/C27H29ClN4O6/c1-13-10-15-23(16(28)11-13)30-26(36)27(15)22-21(17(31-27)5-7-20(29)33)24(34)32(25(22)35)9-8-14-4-6-18(37-2)19(12-14)38-3/h4,6,10-12,17,21-22,31H,5,7-9H2,1-3H3,(H2,29,33)(H,30,36)/t17-,21+,22-,27+/m0/s1. The zero-order valence-corrected chi connectivity index (χ0v) is 22.1. The van der Waals surface area contributed by atoms with Gasteiger partial charge in [0.05, 0.1) is 36.8 Å². The number of imide groups is 1. The van der Waals surface area contributed by atoms with Crippen LogP contribution in [0.15, 0.2) is 30.3 Å². The van der Waals surface area contributed by atoms with Gasteiger partial charge in [-0.25, -0.2) is 0 Å². The molecular formula is C27H29ClN4O6. The summed E-state index contributed by atoms with van der Waals surface area (Å²) >= 11 is 6.46. The van der Waals surface area contributed by atoms with Gasteiger partial charge in [0.1, 0.15) is 5.54 Å². The van der Waals surface area contributed by atoms with Crippen LogP contribution in [0.5, 0.6) is 11.5 Å². The Balaban J connectivity index is 1.50. The number of ether oxygens (including phenoxy) is 2. The van der Waals surface area contributed by atoms with Crippen molar-refractivity contribution >= 4 is 40.9 Å². The van der Waals surface area contributed by atoms with Crippen molar-refractivity contribution < 1.29 is 28.7 Å². The third-order valence-electron chi connectivity index (χ3n) is 7.79. The van der Waals surface area contributed by atoms with Gasteiger partial charge in [-0.1, -0.05) is 23.7 Å². The van der Waals surface area contributed by atoms with Gasteiger partial charge >= 0.3 is 0 Å². The number of carbonyl (C=O) groups excluding carboxylic acids is 4. The van der Waals surface area contributed by atoms with Gasteiger partial charge in [0.25, 0.3) is 0 Å². The predicted octanol–water partition coefficient (Wildman–Crippen LogP) is 1.89. The zero-order chi connectivity index (χ0) is 27.4. The molecule has 0 radical (unpaired) electrons. The SMILES string of the molecule is COc1ccc(CCN2C(=O)[C@@H]3[C@H](CCC(N)=O)N[C@@]4(C(=O)Nc5c(Cl)cc(C)cc54)[C@@H]3C2=O)cc1OC. The van der Waals surface area contributed by atoms with Crippen LogP contribution in [0.1, 0.15) is 29.5 Å². The smallest absolute Gasteiger partial charge is 0.250 e. The van der Waals surface area contributed by atoms with Crippen molar-refractivity contribution in [3.05, 3.63) is 52.0 Å². The Hall–Kier alpha value is -3.63. The Kier molecular flexibility index (Phi) is 6.56. The number of primary amides is 1. The van der Waals surface area contributed by atoms with Crippen LogP contribution in [0.25, 0.3) is 0 Å². The maximum absolute atomic E-state index is 13.9. The number of rotatable bonds is 8. The summed E-state index contributed by atoms with van der Waals surface area (Å²) in [6.45, 7) is 1.97. The Morgan fingerprint density at radius 3 is 2.53 bits per heavy atom. The van der Waals surface area contributed by atoms with E-state index in [9.17, 15) is 19.2 Å². The molecule has 0 unspecified atom stereocenters. The van der Waals surface area contributed by atoms with Crippen molar-refractivity contribution in [3.8, 4) is 11.5 Å². The number of nitrogens with two attached hydrogens (primary N) is 1. The second kappa shape index (κ2) is 9.59. The van der Waals surface area contributed by atoms with Gasteiger partial charge in [-0.3, -0.25) is 29.4 Å².